The van der Waals surface area contributed by atoms with Crippen LogP contribution < -0.4 is 15.4 Å². The van der Waals surface area contributed by atoms with Gasteiger partial charge in [-0.25, -0.2) is 9.97 Å². The average Bonchev–Trinajstić information content (AvgIpc) is 2.65. The Bertz CT molecular complexity index is 974. The molecule has 0 radical (unpaired) electrons. The molecule has 0 saturated heterocycles. The lowest BCUT2D eigenvalue weighted by Gasteiger charge is -2.10. The van der Waals surface area contributed by atoms with Crippen LogP contribution >= 0.6 is 11.6 Å². The molecule has 0 aliphatic rings. The summed E-state index contributed by atoms with van der Waals surface area (Å²) in [6, 6.07) is 14.3. The molecular formula is C20H19ClN4O2. The number of carbonyl (C=O) groups is 1. The maximum absolute atomic E-state index is 12.5. The third-order valence-corrected chi connectivity index (χ3v) is 4.27. The van der Waals surface area contributed by atoms with Crippen LogP contribution in [0.1, 0.15) is 21.9 Å². The Morgan fingerprint density at radius 1 is 1.00 bits per heavy atom. The molecule has 7 heteroatoms. The van der Waals surface area contributed by atoms with Crippen LogP contribution in [0.25, 0.3) is 0 Å². The first-order valence-electron chi connectivity index (χ1n) is 8.29. The van der Waals surface area contributed by atoms with E-state index in [0.717, 1.165) is 11.3 Å². The van der Waals surface area contributed by atoms with Crippen LogP contribution in [0, 0.1) is 13.8 Å². The summed E-state index contributed by atoms with van der Waals surface area (Å²) in [5.41, 5.74) is 2.68. The van der Waals surface area contributed by atoms with E-state index in [2.05, 4.69) is 20.6 Å². The first-order chi connectivity index (χ1) is 12.9. The normalized spacial score (nSPS) is 10.4. The number of hydrogen-bond donors (Lipinski definition) is 2. The smallest absolute Gasteiger partial charge is 0.274 e. The number of benzene rings is 2. The van der Waals surface area contributed by atoms with E-state index in [0.29, 0.717) is 28.1 Å². The molecule has 0 aliphatic heterocycles. The van der Waals surface area contributed by atoms with Gasteiger partial charge in [0.25, 0.3) is 5.91 Å². The number of aromatic nitrogens is 2. The van der Waals surface area contributed by atoms with Crippen LogP contribution in [0.5, 0.6) is 5.75 Å². The third kappa shape index (κ3) is 4.74. The highest BCUT2D eigenvalue weighted by molar-refractivity contribution is 6.31. The summed E-state index contributed by atoms with van der Waals surface area (Å²) in [5.74, 6) is 1.39. The molecule has 3 rings (SSSR count). The summed E-state index contributed by atoms with van der Waals surface area (Å²) in [7, 11) is 1.59. The Balaban J connectivity index is 1.79. The van der Waals surface area contributed by atoms with E-state index in [1.165, 1.54) is 0 Å². The maximum atomic E-state index is 12.5. The number of methoxy groups -OCH3 is 1. The Labute approximate surface area is 162 Å². The molecule has 1 heterocycles. The lowest BCUT2D eigenvalue weighted by atomic mass is 10.2. The Morgan fingerprint density at radius 2 is 1.70 bits per heavy atom. The molecule has 0 atom stereocenters. The lowest BCUT2D eigenvalue weighted by molar-refractivity contribution is 0.102. The van der Waals surface area contributed by atoms with Gasteiger partial charge in [0, 0.05) is 22.5 Å². The molecule has 0 bridgehead atoms. The fourth-order valence-corrected chi connectivity index (χ4v) is 2.62. The van der Waals surface area contributed by atoms with E-state index in [1.54, 1.807) is 44.4 Å². The van der Waals surface area contributed by atoms with Crippen molar-refractivity contribution in [1.82, 2.24) is 9.97 Å². The van der Waals surface area contributed by atoms with Crippen molar-refractivity contribution in [3.63, 3.8) is 0 Å². The molecule has 0 unspecified atom stereocenters. The Morgan fingerprint density at radius 3 is 2.37 bits per heavy atom. The van der Waals surface area contributed by atoms with Crippen molar-refractivity contribution >= 4 is 34.7 Å². The topological polar surface area (TPSA) is 76.1 Å². The van der Waals surface area contributed by atoms with Gasteiger partial charge in [0.2, 0.25) is 0 Å². The number of hydrogen-bond acceptors (Lipinski definition) is 5. The molecule has 1 aromatic heterocycles. The minimum absolute atomic E-state index is 0.263. The van der Waals surface area contributed by atoms with Crippen molar-refractivity contribution < 1.29 is 9.53 Å². The summed E-state index contributed by atoms with van der Waals surface area (Å²) in [4.78, 5) is 21.1. The molecule has 0 saturated carbocycles. The zero-order valence-electron chi connectivity index (χ0n) is 15.2. The molecule has 27 heavy (non-hydrogen) atoms. The van der Waals surface area contributed by atoms with Gasteiger partial charge >= 0.3 is 0 Å². The fourth-order valence-electron chi connectivity index (χ4n) is 2.44. The summed E-state index contributed by atoms with van der Waals surface area (Å²) >= 11 is 6.16. The number of nitrogens with zero attached hydrogens (tertiary/aromatic N) is 2. The van der Waals surface area contributed by atoms with E-state index in [9.17, 15) is 4.79 Å². The highest BCUT2D eigenvalue weighted by Crippen LogP contribution is 2.23. The van der Waals surface area contributed by atoms with Gasteiger partial charge < -0.3 is 15.4 Å². The summed E-state index contributed by atoms with van der Waals surface area (Å²) < 4.78 is 5.11. The van der Waals surface area contributed by atoms with Crippen LogP contribution in [0.15, 0.2) is 48.5 Å². The van der Waals surface area contributed by atoms with Gasteiger partial charge in [-0.05, 0) is 55.8 Å². The maximum Gasteiger partial charge on any atom is 0.274 e. The molecular weight excluding hydrogens is 364 g/mol. The lowest BCUT2D eigenvalue weighted by Crippen LogP contribution is -2.15. The largest absolute Gasteiger partial charge is 0.497 e. The quantitative estimate of drug-likeness (QED) is 0.665. The SMILES string of the molecule is COc1ccc(NC(=O)c2cc(Nc3ccc(C)c(Cl)c3)nc(C)n2)cc1. The van der Waals surface area contributed by atoms with Gasteiger partial charge in [0.1, 0.15) is 23.1 Å². The second-order valence-electron chi connectivity index (χ2n) is 5.96. The van der Waals surface area contributed by atoms with E-state index in [4.69, 9.17) is 16.3 Å². The standard InChI is InChI=1S/C20H19ClN4O2/c1-12-4-5-15(10-17(12)21)24-19-11-18(22-13(2)23-19)20(26)25-14-6-8-16(27-3)9-7-14/h4-11H,1-3H3,(H,25,26)(H,22,23,24). The molecule has 6 nitrogen and oxygen atoms in total. The molecule has 1 amide bonds. The molecule has 138 valence electrons. The molecule has 2 N–H and O–H groups in total. The number of anilines is 3. The van der Waals surface area contributed by atoms with Crippen molar-refractivity contribution in [2.24, 2.45) is 0 Å². The van der Waals surface area contributed by atoms with Gasteiger partial charge in [-0.1, -0.05) is 17.7 Å². The van der Waals surface area contributed by atoms with Gasteiger partial charge in [-0.2, -0.15) is 0 Å². The number of carbonyl (C=O) groups excluding carboxylic acids is 1. The van der Waals surface area contributed by atoms with Gasteiger partial charge in [-0.15, -0.1) is 0 Å². The van der Waals surface area contributed by atoms with Crippen molar-refractivity contribution in [3.05, 3.63) is 70.6 Å². The predicted molar refractivity (Wildman–Crippen MR) is 107 cm³/mol. The number of amides is 1. The number of ether oxygens (including phenoxy) is 1. The van der Waals surface area contributed by atoms with Crippen molar-refractivity contribution in [1.29, 1.82) is 0 Å². The average molecular weight is 383 g/mol. The Kier molecular flexibility index (Phi) is 5.57. The number of aryl methyl sites for hydroxylation is 2. The minimum atomic E-state index is -0.323. The monoisotopic (exact) mass is 382 g/mol. The first-order valence-corrected chi connectivity index (χ1v) is 8.66. The number of nitrogens with one attached hydrogen (secondary N) is 2. The summed E-state index contributed by atoms with van der Waals surface area (Å²) in [6.07, 6.45) is 0. The molecule has 3 aromatic rings. The van der Waals surface area contributed by atoms with Crippen LogP contribution in [-0.2, 0) is 0 Å². The van der Waals surface area contributed by atoms with Gasteiger partial charge in [0.05, 0.1) is 7.11 Å². The summed E-state index contributed by atoms with van der Waals surface area (Å²) in [5, 5.41) is 6.62. The van der Waals surface area contributed by atoms with Gasteiger partial charge in [-0.3, -0.25) is 4.79 Å². The van der Waals surface area contributed by atoms with E-state index >= 15 is 0 Å². The highest BCUT2D eigenvalue weighted by atomic mass is 35.5. The number of rotatable bonds is 5. The van der Waals surface area contributed by atoms with Crippen molar-refractivity contribution in [3.8, 4) is 5.75 Å². The van der Waals surface area contributed by atoms with E-state index < -0.39 is 0 Å². The van der Waals surface area contributed by atoms with E-state index in [-0.39, 0.29) is 11.6 Å². The van der Waals surface area contributed by atoms with Crippen molar-refractivity contribution in [2.45, 2.75) is 13.8 Å². The minimum Gasteiger partial charge on any atom is -0.497 e. The molecule has 2 aromatic carbocycles. The van der Waals surface area contributed by atoms with E-state index in [1.807, 2.05) is 25.1 Å². The molecule has 0 spiro atoms. The molecule has 0 aliphatic carbocycles. The zero-order chi connectivity index (χ0) is 19.4. The van der Waals surface area contributed by atoms with Gasteiger partial charge in [0.15, 0.2) is 0 Å². The summed E-state index contributed by atoms with van der Waals surface area (Å²) in [6.45, 7) is 3.67. The van der Waals surface area contributed by atoms with Crippen LogP contribution in [0.2, 0.25) is 5.02 Å². The fraction of sp³-hybridized carbons (Fsp3) is 0.150. The van der Waals surface area contributed by atoms with Crippen LogP contribution in [-0.4, -0.2) is 23.0 Å². The second kappa shape index (κ2) is 8.05. The third-order valence-electron chi connectivity index (χ3n) is 3.86. The predicted octanol–water partition coefficient (Wildman–Crippen LogP) is 4.75. The van der Waals surface area contributed by atoms with Crippen LogP contribution in [0.3, 0.4) is 0 Å². The Hall–Kier alpha value is -3.12. The second-order valence-corrected chi connectivity index (χ2v) is 6.36. The molecule has 0 fully saturated rings. The van der Waals surface area contributed by atoms with Crippen molar-refractivity contribution in [2.75, 3.05) is 17.7 Å². The first kappa shape index (κ1) is 18.7. The van der Waals surface area contributed by atoms with Crippen LogP contribution in [0.4, 0.5) is 17.2 Å². The zero-order valence-corrected chi connectivity index (χ0v) is 16.0. The highest BCUT2D eigenvalue weighted by Gasteiger charge is 2.11. The number of halogens is 1.